The lowest BCUT2D eigenvalue weighted by molar-refractivity contribution is -0.142. The molecule has 1 aliphatic heterocycles. The molecule has 1 heterocycles. The second-order valence-electron chi connectivity index (χ2n) is 6.12. The van der Waals surface area contributed by atoms with Crippen LogP contribution < -0.4 is 0 Å². The van der Waals surface area contributed by atoms with Gasteiger partial charge in [0, 0.05) is 26.7 Å². The maximum absolute atomic E-state index is 12.4. The van der Waals surface area contributed by atoms with Gasteiger partial charge in [0.2, 0.25) is 0 Å². The van der Waals surface area contributed by atoms with Crippen molar-refractivity contribution in [2.75, 3.05) is 33.4 Å². The molecule has 1 N–H and O–H groups in total. The summed E-state index contributed by atoms with van der Waals surface area (Å²) in [5, 5.41) is 9.31. The highest BCUT2D eigenvalue weighted by Crippen LogP contribution is 2.28. The van der Waals surface area contributed by atoms with Crippen LogP contribution in [-0.4, -0.2) is 66.3 Å². The van der Waals surface area contributed by atoms with Gasteiger partial charge in [0.25, 0.3) is 0 Å². The molecule has 6 nitrogen and oxygen atoms in total. The van der Waals surface area contributed by atoms with E-state index in [4.69, 9.17) is 4.74 Å². The number of aliphatic carboxylic acids is 1. The van der Waals surface area contributed by atoms with Crippen LogP contribution in [0.15, 0.2) is 0 Å². The zero-order valence-corrected chi connectivity index (χ0v) is 12.8. The summed E-state index contributed by atoms with van der Waals surface area (Å²) in [7, 11) is 1.71. The van der Waals surface area contributed by atoms with Crippen molar-refractivity contribution in [2.24, 2.45) is 5.92 Å². The molecule has 1 saturated heterocycles. The van der Waals surface area contributed by atoms with Crippen molar-refractivity contribution in [3.63, 3.8) is 0 Å². The number of nitrogens with zero attached hydrogens (tertiary/aromatic N) is 2. The van der Waals surface area contributed by atoms with Crippen molar-refractivity contribution in [1.82, 2.24) is 9.80 Å². The van der Waals surface area contributed by atoms with Gasteiger partial charge in [0.05, 0.1) is 6.61 Å². The number of ether oxygens (including phenoxy) is 1. The van der Waals surface area contributed by atoms with Crippen LogP contribution in [0.2, 0.25) is 0 Å². The second-order valence-corrected chi connectivity index (χ2v) is 6.12. The topological polar surface area (TPSA) is 70.1 Å². The lowest BCUT2D eigenvalue weighted by Gasteiger charge is -2.31. The van der Waals surface area contributed by atoms with E-state index in [0.29, 0.717) is 32.0 Å². The van der Waals surface area contributed by atoms with Crippen molar-refractivity contribution in [3.8, 4) is 0 Å². The summed E-state index contributed by atoms with van der Waals surface area (Å²) in [6.07, 6.45) is 5.79. The van der Waals surface area contributed by atoms with Crippen LogP contribution in [0.1, 0.15) is 38.5 Å². The third-order valence-corrected chi connectivity index (χ3v) is 4.23. The maximum atomic E-state index is 12.4. The van der Waals surface area contributed by atoms with E-state index in [1.807, 2.05) is 0 Å². The largest absolute Gasteiger partial charge is 0.480 e. The fraction of sp³-hybridized carbons (Fsp3) is 0.867. The number of likely N-dealkylation sites (N-methyl/N-ethyl adjacent to an activating group) is 1. The molecular weight excluding hydrogens is 272 g/mol. The SMILES string of the molecule is CN(CCOCC1CC1)C(=O)N1CCCCCC1C(=O)O. The molecule has 2 aliphatic rings. The fourth-order valence-electron chi connectivity index (χ4n) is 2.64. The van der Waals surface area contributed by atoms with Crippen molar-refractivity contribution in [1.29, 1.82) is 0 Å². The maximum Gasteiger partial charge on any atom is 0.326 e. The van der Waals surface area contributed by atoms with E-state index in [-0.39, 0.29) is 6.03 Å². The van der Waals surface area contributed by atoms with E-state index in [1.54, 1.807) is 11.9 Å². The van der Waals surface area contributed by atoms with Gasteiger partial charge in [-0.05, 0) is 31.6 Å². The number of hydrogen-bond donors (Lipinski definition) is 1. The van der Waals surface area contributed by atoms with Gasteiger partial charge in [-0.1, -0.05) is 12.8 Å². The fourth-order valence-corrected chi connectivity index (χ4v) is 2.64. The normalized spacial score (nSPS) is 22.7. The molecule has 0 radical (unpaired) electrons. The molecule has 6 heteroatoms. The summed E-state index contributed by atoms with van der Waals surface area (Å²) >= 11 is 0. The van der Waals surface area contributed by atoms with Crippen molar-refractivity contribution >= 4 is 12.0 Å². The molecule has 0 aromatic heterocycles. The Morgan fingerprint density at radius 2 is 2.00 bits per heavy atom. The Bertz CT molecular complexity index is 371. The monoisotopic (exact) mass is 298 g/mol. The Balaban J connectivity index is 1.80. The summed E-state index contributed by atoms with van der Waals surface area (Å²) in [6, 6.07) is -0.880. The highest BCUT2D eigenvalue weighted by atomic mass is 16.5. The van der Waals surface area contributed by atoms with Gasteiger partial charge in [-0.25, -0.2) is 9.59 Å². The Morgan fingerprint density at radius 1 is 1.24 bits per heavy atom. The molecule has 1 atom stereocenters. The van der Waals surface area contributed by atoms with Gasteiger partial charge >= 0.3 is 12.0 Å². The molecule has 1 saturated carbocycles. The van der Waals surface area contributed by atoms with E-state index in [9.17, 15) is 14.7 Å². The molecular formula is C15H26N2O4. The standard InChI is InChI=1S/C15H26N2O4/c1-16(9-10-21-11-12-6-7-12)15(20)17-8-4-2-3-5-13(17)14(18)19/h12-13H,2-11H2,1H3,(H,18,19). The number of carboxylic acid groups (broad SMARTS) is 1. The summed E-state index contributed by atoms with van der Waals surface area (Å²) in [4.78, 5) is 26.9. The van der Waals surface area contributed by atoms with Crippen LogP contribution in [0.5, 0.6) is 0 Å². The summed E-state index contributed by atoms with van der Waals surface area (Å²) in [5.41, 5.74) is 0. The molecule has 1 aliphatic carbocycles. The molecule has 0 aromatic carbocycles. The first-order valence-electron chi connectivity index (χ1n) is 7.92. The van der Waals surface area contributed by atoms with Crippen molar-refractivity contribution in [3.05, 3.63) is 0 Å². The number of rotatable bonds is 6. The zero-order valence-electron chi connectivity index (χ0n) is 12.8. The van der Waals surface area contributed by atoms with Gasteiger partial charge in [0.15, 0.2) is 0 Å². The van der Waals surface area contributed by atoms with E-state index in [0.717, 1.165) is 25.9 Å². The molecule has 120 valence electrons. The molecule has 2 rings (SSSR count). The molecule has 2 amide bonds. The van der Waals surface area contributed by atoms with Crippen LogP contribution in [0.4, 0.5) is 4.79 Å². The Labute approximate surface area is 126 Å². The third-order valence-electron chi connectivity index (χ3n) is 4.23. The van der Waals surface area contributed by atoms with Gasteiger partial charge < -0.3 is 19.6 Å². The van der Waals surface area contributed by atoms with Gasteiger partial charge in [-0.15, -0.1) is 0 Å². The van der Waals surface area contributed by atoms with E-state index >= 15 is 0 Å². The predicted molar refractivity (Wildman–Crippen MR) is 78.2 cm³/mol. The van der Waals surface area contributed by atoms with Gasteiger partial charge in [-0.3, -0.25) is 0 Å². The lowest BCUT2D eigenvalue weighted by Crippen LogP contribution is -2.50. The van der Waals surface area contributed by atoms with E-state index in [2.05, 4.69) is 0 Å². The van der Waals surface area contributed by atoms with Gasteiger partial charge in [0.1, 0.15) is 6.04 Å². The highest BCUT2D eigenvalue weighted by Gasteiger charge is 2.32. The number of carbonyl (C=O) groups excluding carboxylic acids is 1. The first-order valence-corrected chi connectivity index (χ1v) is 7.92. The minimum atomic E-state index is -0.899. The third kappa shape index (κ3) is 4.88. The summed E-state index contributed by atoms with van der Waals surface area (Å²) < 4.78 is 5.54. The average molecular weight is 298 g/mol. The number of urea groups is 1. The predicted octanol–water partition coefficient (Wildman–Crippen LogP) is 1.79. The Kier molecular flexibility index (Phi) is 5.85. The molecule has 0 aromatic rings. The van der Waals surface area contributed by atoms with Crippen LogP contribution in [0, 0.1) is 5.92 Å². The number of hydrogen-bond acceptors (Lipinski definition) is 3. The lowest BCUT2D eigenvalue weighted by atomic mass is 10.1. The molecule has 0 bridgehead atoms. The summed E-state index contributed by atoms with van der Waals surface area (Å²) in [5.74, 6) is -0.184. The van der Waals surface area contributed by atoms with E-state index < -0.39 is 12.0 Å². The zero-order chi connectivity index (χ0) is 15.2. The summed E-state index contributed by atoms with van der Waals surface area (Å²) in [6.45, 7) is 2.34. The van der Waals surface area contributed by atoms with Crippen molar-refractivity contribution in [2.45, 2.75) is 44.6 Å². The average Bonchev–Trinajstić information content (AvgIpc) is 3.28. The first-order chi connectivity index (χ1) is 10.1. The minimum Gasteiger partial charge on any atom is -0.480 e. The van der Waals surface area contributed by atoms with Gasteiger partial charge in [-0.2, -0.15) is 0 Å². The highest BCUT2D eigenvalue weighted by molar-refractivity contribution is 5.82. The quantitative estimate of drug-likeness (QED) is 0.759. The number of carboxylic acids is 1. The van der Waals surface area contributed by atoms with Crippen LogP contribution in [-0.2, 0) is 9.53 Å². The first kappa shape index (κ1) is 16.1. The van der Waals surface area contributed by atoms with Crippen LogP contribution in [0.25, 0.3) is 0 Å². The molecule has 1 unspecified atom stereocenters. The Morgan fingerprint density at radius 3 is 2.67 bits per heavy atom. The Hall–Kier alpha value is -1.30. The molecule has 2 fully saturated rings. The smallest absolute Gasteiger partial charge is 0.326 e. The second kappa shape index (κ2) is 7.64. The van der Waals surface area contributed by atoms with Crippen molar-refractivity contribution < 1.29 is 19.4 Å². The number of amides is 2. The van der Waals surface area contributed by atoms with Crippen LogP contribution in [0.3, 0.4) is 0 Å². The molecule has 0 spiro atoms. The van der Waals surface area contributed by atoms with Crippen LogP contribution >= 0.6 is 0 Å². The molecule has 21 heavy (non-hydrogen) atoms. The minimum absolute atomic E-state index is 0.195. The van der Waals surface area contributed by atoms with E-state index in [1.165, 1.54) is 17.7 Å². The number of carbonyl (C=O) groups is 2. The number of likely N-dealkylation sites (tertiary alicyclic amines) is 1.